The van der Waals surface area contributed by atoms with Gasteiger partial charge in [-0.25, -0.2) is 4.98 Å². The van der Waals surface area contributed by atoms with Crippen LogP contribution in [0.1, 0.15) is 49.0 Å². The molecule has 166 valence electrons. The molecule has 8 nitrogen and oxygen atoms in total. The molecule has 1 N–H and O–H groups in total. The van der Waals surface area contributed by atoms with Gasteiger partial charge in [-0.15, -0.1) is 5.10 Å². The van der Waals surface area contributed by atoms with Gasteiger partial charge >= 0.3 is 5.97 Å². The maximum atomic E-state index is 12.2. The highest BCUT2D eigenvalue weighted by molar-refractivity contribution is 7.17. The average Bonchev–Trinajstić information content (AvgIpc) is 3.27. The monoisotopic (exact) mass is 444 g/mol. The number of hydrogen-bond acceptors (Lipinski definition) is 8. The molecule has 1 saturated heterocycles. The topological polar surface area (TPSA) is 89.2 Å². The van der Waals surface area contributed by atoms with Crippen molar-refractivity contribution in [1.82, 2.24) is 19.5 Å². The first-order chi connectivity index (χ1) is 15.0. The Morgan fingerprint density at radius 2 is 1.94 bits per heavy atom. The fourth-order valence-electron chi connectivity index (χ4n) is 4.12. The summed E-state index contributed by atoms with van der Waals surface area (Å²) in [7, 11) is 0. The smallest absolute Gasteiger partial charge is 0.309 e. The van der Waals surface area contributed by atoms with Crippen LogP contribution in [0.15, 0.2) is 24.3 Å². The summed E-state index contributed by atoms with van der Waals surface area (Å²) in [5.74, 6) is 1.37. The molecule has 0 aliphatic carbocycles. The van der Waals surface area contributed by atoms with Gasteiger partial charge in [-0.3, -0.25) is 9.69 Å². The lowest BCUT2D eigenvalue weighted by atomic mass is 9.93. The zero-order chi connectivity index (χ0) is 22.0. The lowest BCUT2D eigenvalue weighted by molar-refractivity contribution is -0.149. The maximum Gasteiger partial charge on any atom is 0.309 e. The van der Waals surface area contributed by atoms with Gasteiger partial charge < -0.3 is 14.6 Å². The van der Waals surface area contributed by atoms with E-state index >= 15 is 0 Å². The molecule has 0 bridgehead atoms. The van der Waals surface area contributed by atoms with Gasteiger partial charge in [0.15, 0.2) is 0 Å². The van der Waals surface area contributed by atoms with Gasteiger partial charge in [-0.1, -0.05) is 23.5 Å². The summed E-state index contributed by atoms with van der Waals surface area (Å²) in [5.41, 5.74) is 1.05. The second kappa shape index (κ2) is 9.23. The summed E-state index contributed by atoms with van der Waals surface area (Å²) >= 11 is 1.45. The minimum Gasteiger partial charge on any atom is -0.494 e. The van der Waals surface area contributed by atoms with Crippen molar-refractivity contribution < 1.29 is 19.4 Å². The molecule has 2 aromatic heterocycles. The number of benzene rings is 1. The number of carbonyl (C=O) groups is 1. The van der Waals surface area contributed by atoms with Crippen LogP contribution in [0.4, 0.5) is 0 Å². The minimum atomic E-state index is -0.160. The van der Waals surface area contributed by atoms with Crippen molar-refractivity contribution in [3.05, 3.63) is 40.5 Å². The first-order valence-corrected chi connectivity index (χ1v) is 11.5. The second-order valence-electron chi connectivity index (χ2n) is 7.61. The van der Waals surface area contributed by atoms with E-state index in [2.05, 4.69) is 15.0 Å². The second-order valence-corrected chi connectivity index (χ2v) is 8.62. The SMILES string of the molecule is CCOC(=O)C1CCN(C(c2ccc(OCC)cc2)c2sc3nc(C)nn3c2O)CC1. The molecule has 3 heterocycles. The number of aryl methyl sites for hydroxylation is 1. The number of aromatic nitrogens is 3. The van der Waals surface area contributed by atoms with Crippen molar-refractivity contribution in [2.75, 3.05) is 26.3 Å². The third-order valence-electron chi connectivity index (χ3n) is 5.58. The molecule has 0 saturated carbocycles. The number of hydrogen-bond donors (Lipinski definition) is 1. The van der Waals surface area contributed by atoms with E-state index in [1.54, 1.807) is 0 Å². The van der Waals surface area contributed by atoms with E-state index < -0.39 is 0 Å². The van der Waals surface area contributed by atoms with E-state index in [4.69, 9.17) is 9.47 Å². The summed E-state index contributed by atoms with van der Waals surface area (Å²) in [6.45, 7) is 8.07. The van der Waals surface area contributed by atoms with E-state index in [9.17, 15) is 9.90 Å². The number of piperidine rings is 1. The van der Waals surface area contributed by atoms with Gasteiger partial charge in [0.1, 0.15) is 11.6 Å². The number of nitrogens with zero attached hydrogens (tertiary/aromatic N) is 4. The fraction of sp³-hybridized carbons (Fsp3) is 0.500. The summed E-state index contributed by atoms with van der Waals surface area (Å²) in [6, 6.07) is 7.82. The van der Waals surface area contributed by atoms with Gasteiger partial charge in [0.25, 0.3) is 0 Å². The highest BCUT2D eigenvalue weighted by Crippen LogP contribution is 2.41. The molecule has 9 heteroatoms. The van der Waals surface area contributed by atoms with Crippen LogP contribution in [0.25, 0.3) is 4.96 Å². The van der Waals surface area contributed by atoms with Crippen molar-refractivity contribution in [2.24, 2.45) is 5.92 Å². The number of esters is 1. The molecular weight excluding hydrogens is 416 g/mol. The van der Waals surface area contributed by atoms with Crippen molar-refractivity contribution in [2.45, 2.75) is 39.7 Å². The Labute approximate surface area is 185 Å². The quantitative estimate of drug-likeness (QED) is 0.557. The van der Waals surface area contributed by atoms with Gasteiger partial charge in [-0.2, -0.15) is 4.52 Å². The summed E-state index contributed by atoms with van der Waals surface area (Å²) in [4.78, 5) is 20.4. The number of thiazole rings is 1. The van der Waals surface area contributed by atoms with Gasteiger partial charge in [0, 0.05) is 0 Å². The van der Waals surface area contributed by atoms with Gasteiger partial charge in [0.2, 0.25) is 10.8 Å². The van der Waals surface area contributed by atoms with Crippen molar-refractivity contribution in [3.8, 4) is 11.6 Å². The average molecular weight is 445 g/mol. The highest BCUT2D eigenvalue weighted by Gasteiger charge is 2.34. The molecule has 4 rings (SSSR count). The number of fused-ring (bicyclic) bond motifs is 1. The standard InChI is InChI=1S/C22H28N4O4S/c1-4-29-17-8-6-15(7-9-17)18(19-20(27)26-22(31-19)23-14(3)24-26)25-12-10-16(11-13-25)21(28)30-5-2/h6-9,16,18,27H,4-5,10-13H2,1-3H3. The van der Waals surface area contributed by atoms with E-state index in [0.29, 0.717) is 24.0 Å². The van der Waals surface area contributed by atoms with Crippen LogP contribution in [0.3, 0.4) is 0 Å². The first kappa shape index (κ1) is 21.6. The predicted molar refractivity (Wildman–Crippen MR) is 118 cm³/mol. The third-order valence-corrected chi connectivity index (χ3v) is 6.65. The third kappa shape index (κ3) is 4.38. The van der Waals surface area contributed by atoms with E-state index in [1.807, 2.05) is 45.0 Å². The molecule has 31 heavy (non-hydrogen) atoms. The van der Waals surface area contributed by atoms with Crippen LogP contribution in [0, 0.1) is 12.8 Å². The lowest BCUT2D eigenvalue weighted by Crippen LogP contribution is -2.39. The Morgan fingerprint density at radius 3 is 2.55 bits per heavy atom. The summed E-state index contributed by atoms with van der Waals surface area (Å²) in [6.07, 6.45) is 1.46. The Morgan fingerprint density at radius 1 is 1.23 bits per heavy atom. The van der Waals surface area contributed by atoms with Crippen LogP contribution < -0.4 is 4.74 Å². The first-order valence-electron chi connectivity index (χ1n) is 10.7. The Bertz CT molecular complexity index is 1040. The number of carbonyl (C=O) groups excluding carboxylic acids is 1. The molecule has 0 radical (unpaired) electrons. The number of rotatable bonds is 7. The molecule has 1 aliphatic rings. The van der Waals surface area contributed by atoms with Crippen molar-refractivity contribution in [3.63, 3.8) is 0 Å². The predicted octanol–water partition coefficient (Wildman–Crippen LogP) is 3.57. The Hall–Kier alpha value is -2.65. The Balaban J connectivity index is 1.65. The normalized spacial score (nSPS) is 16.5. The van der Waals surface area contributed by atoms with Crippen LogP contribution in [-0.4, -0.2) is 56.9 Å². The lowest BCUT2D eigenvalue weighted by Gasteiger charge is -2.36. The zero-order valence-corrected chi connectivity index (χ0v) is 18.9. The molecule has 3 aromatic rings. The van der Waals surface area contributed by atoms with Gasteiger partial charge in [-0.05, 0) is 64.4 Å². The Kier molecular flexibility index (Phi) is 6.43. The number of aromatic hydroxyl groups is 1. The van der Waals surface area contributed by atoms with Crippen LogP contribution in [0.5, 0.6) is 11.6 Å². The molecule has 1 aliphatic heterocycles. The molecule has 1 fully saturated rings. The molecule has 1 aromatic carbocycles. The molecule has 0 spiro atoms. The van der Waals surface area contributed by atoms with Crippen molar-refractivity contribution in [1.29, 1.82) is 0 Å². The van der Waals surface area contributed by atoms with Crippen LogP contribution in [-0.2, 0) is 9.53 Å². The summed E-state index contributed by atoms with van der Waals surface area (Å²) in [5, 5.41) is 15.3. The van der Waals surface area contributed by atoms with E-state index in [1.165, 1.54) is 15.9 Å². The van der Waals surface area contributed by atoms with E-state index in [0.717, 1.165) is 42.1 Å². The fourth-order valence-corrected chi connectivity index (χ4v) is 5.28. The maximum absolute atomic E-state index is 12.2. The molecule has 0 amide bonds. The number of likely N-dealkylation sites (tertiary alicyclic amines) is 1. The highest BCUT2D eigenvalue weighted by atomic mass is 32.1. The largest absolute Gasteiger partial charge is 0.494 e. The van der Waals surface area contributed by atoms with Crippen LogP contribution in [0.2, 0.25) is 0 Å². The molecular formula is C22H28N4O4S. The number of ether oxygens (including phenoxy) is 2. The van der Waals surface area contributed by atoms with Gasteiger partial charge in [0.05, 0.1) is 30.1 Å². The minimum absolute atomic E-state index is 0.0734. The molecule has 1 unspecified atom stereocenters. The van der Waals surface area contributed by atoms with Crippen molar-refractivity contribution >= 4 is 22.3 Å². The van der Waals surface area contributed by atoms with Crippen LogP contribution >= 0.6 is 11.3 Å². The summed E-state index contributed by atoms with van der Waals surface area (Å²) < 4.78 is 12.3. The molecule has 1 atom stereocenters. The van der Waals surface area contributed by atoms with E-state index in [-0.39, 0.29) is 23.8 Å². The zero-order valence-electron chi connectivity index (χ0n) is 18.1.